The molecule has 0 aliphatic heterocycles. The summed E-state index contributed by atoms with van der Waals surface area (Å²) in [5, 5.41) is 3.03. The molecule has 1 rings (SSSR count). The highest BCUT2D eigenvalue weighted by molar-refractivity contribution is 5.92. The minimum Gasteiger partial charge on any atom is -0.460 e. The number of benzene rings is 1. The van der Waals surface area contributed by atoms with Crippen LogP contribution in [0.4, 0.5) is 0 Å². The second-order valence-corrected chi connectivity index (χ2v) is 6.80. The van der Waals surface area contributed by atoms with Gasteiger partial charge in [-0.15, -0.1) is 0 Å². The Hall–Kier alpha value is -1.72. The van der Waals surface area contributed by atoms with Crippen LogP contribution < -0.4 is 11.1 Å². The van der Waals surface area contributed by atoms with E-state index >= 15 is 0 Å². The second-order valence-electron chi connectivity index (χ2n) is 6.80. The lowest BCUT2D eigenvalue weighted by molar-refractivity contribution is -0.151. The molecule has 0 bridgehead atoms. The normalized spacial score (nSPS) is 15.2. The van der Waals surface area contributed by atoms with Crippen LogP contribution in [0.1, 0.15) is 33.3 Å². The first kappa shape index (κ1) is 20.3. The van der Waals surface area contributed by atoms with Crippen molar-refractivity contribution in [3.05, 3.63) is 35.9 Å². The summed E-state index contributed by atoms with van der Waals surface area (Å²) in [6.07, 6.45) is 0. The van der Waals surface area contributed by atoms with Crippen molar-refractivity contribution in [2.45, 2.75) is 46.4 Å². The van der Waals surface area contributed by atoms with Gasteiger partial charge in [-0.2, -0.15) is 0 Å². The van der Waals surface area contributed by atoms with E-state index in [2.05, 4.69) is 5.32 Å². The van der Waals surface area contributed by atoms with Gasteiger partial charge in [0.05, 0.1) is 6.04 Å². The maximum absolute atomic E-state index is 12.8. The van der Waals surface area contributed by atoms with Gasteiger partial charge in [-0.3, -0.25) is 9.59 Å². The molecular weight excluding hydrogens is 304 g/mol. The first-order valence-corrected chi connectivity index (χ1v) is 8.46. The fourth-order valence-corrected chi connectivity index (χ4v) is 2.90. The summed E-state index contributed by atoms with van der Waals surface area (Å²) in [7, 11) is 1.75. The van der Waals surface area contributed by atoms with Crippen molar-refractivity contribution in [1.29, 1.82) is 0 Å². The van der Waals surface area contributed by atoms with Gasteiger partial charge >= 0.3 is 5.97 Å². The van der Waals surface area contributed by atoms with Gasteiger partial charge < -0.3 is 15.8 Å². The van der Waals surface area contributed by atoms with Gasteiger partial charge in [0, 0.05) is 5.92 Å². The van der Waals surface area contributed by atoms with Crippen LogP contribution in [0.3, 0.4) is 0 Å². The summed E-state index contributed by atoms with van der Waals surface area (Å²) in [4.78, 5) is 25.2. The number of esters is 1. The number of hydrogen-bond acceptors (Lipinski definition) is 5. The number of rotatable bonds is 9. The summed E-state index contributed by atoms with van der Waals surface area (Å²) < 4.78 is 5.31. The molecule has 0 amide bonds. The van der Waals surface area contributed by atoms with E-state index < -0.39 is 17.9 Å². The van der Waals surface area contributed by atoms with Crippen LogP contribution in [0.15, 0.2) is 30.3 Å². The first-order valence-electron chi connectivity index (χ1n) is 8.46. The maximum atomic E-state index is 12.8. The summed E-state index contributed by atoms with van der Waals surface area (Å²) in [5.74, 6) is -1.08. The average molecular weight is 334 g/mol. The number of Topliss-reactive ketones (excluding diaryl/α,β-unsaturated/α-hetero) is 1. The van der Waals surface area contributed by atoms with Crippen molar-refractivity contribution in [3.63, 3.8) is 0 Å². The summed E-state index contributed by atoms with van der Waals surface area (Å²) in [5.41, 5.74) is 6.99. The number of hydrogen-bond donors (Lipinski definition) is 2. The Morgan fingerprint density at radius 3 is 2.12 bits per heavy atom. The van der Waals surface area contributed by atoms with Crippen LogP contribution in [-0.2, 0) is 20.9 Å². The highest BCUT2D eigenvalue weighted by Gasteiger charge is 2.38. The summed E-state index contributed by atoms with van der Waals surface area (Å²) in [6, 6.07) is 8.11. The molecule has 0 radical (unpaired) electrons. The Kier molecular flexibility index (Phi) is 8.08. The molecule has 134 valence electrons. The van der Waals surface area contributed by atoms with Crippen molar-refractivity contribution < 1.29 is 14.3 Å². The van der Waals surface area contributed by atoms with Crippen molar-refractivity contribution >= 4 is 11.8 Å². The van der Waals surface area contributed by atoms with E-state index in [1.54, 1.807) is 7.05 Å². The predicted octanol–water partition coefficient (Wildman–Crippen LogP) is 2.14. The standard InChI is InChI=1S/C19H30N2O3/c1-12(2)15(18(22)17(21-5)13(3)4)16(20)19(23)24-11-14-9-7-6-8-10-14/h6-10,12-13,15-17,21H,11,20H2,1-5H3/t15?,16-,17-/m0/s1. The van der Waals surface area contributed by atoms with E-state index in [1.807, 2.05) is 58.0 Å². The Morgan fingerprint density at radius 1 is 1.08 bits per heavy atom. The summed E-state index contributed by atoms with van der Waals surface area (Å²) in [6.45, 7) is 7.90. The Balaban J connectivity index is 2.79. The van der Waals surface area contributed by atoms with Gasteiger partial charge in [-0.25, -0.2) is 0 Å². The molecule has 0 heterocycles. The topological polar surface area (TPSA) is 81.4 Å². The zero-order chi connectivity index (χ0) is 18.3. The third kappa shape index (κ3) is 5.42. The SMILES string of the molecule is CN[C@H](C(=O)C(C(C)C)[C@H](N)C(=O)OCc1ccccc1)C(C)C. The Morgan fingerprint density at radius 2 is 1.67 bits per heavy atom. The van der Waals surface area contributed by atoms with Gasteiger partial charge in [0.2, 0.25) is 0 Å². The lowest BCUT2D eigenvalue weighted by atomic mass is 9.80. The molecule has 0 saturated carbocycles. The molecule has 1 aromatic carbocycles. The van der Waals surface area contributed by atoms with Crippen molar-refractivity contribution in [3.8, 4) is 0 Å². The highest BCUT2D eigenvalue weighted by Crippen LogP contribution is 2.21. The van der Waals surface area contributed by atoms with Gasteiger partial charge in [0.25, 0.3) is 0 Å². The zero-order valence-corrected chi connectivity index (χ0v) is 15.3. The predicted molar refractivity (Wildman–Crippen MR) is 95.2 cm³/mol. The van der Waals surface area contributed by atoms with Gasteiger partial charge in [0.1, 0.15) is 12.6 Å². The lowest BCUT2D eigenvalue weighted by Crippen LogP contribution is -2.52. The molecule has 0 saturated heterocycles. The number of nitrogens with one attached hydrogen (secondary N) is 1. The largest absolute Gasteiger partial charge is 0.460 e. The fraction of sp³-hybridized carbons (Fsp3) is 0.579. The van der Waals surface area contributed by atoms with Crippen LogP contribution in [0.5, 0.6) is 0 Å². The number of likely N-dealkylation sites (N-methyl/N-ethyl adjacent to an activating group) is 1. The van der Waals surface area contributed by atoms with E-state index in [9.17, 15) is 9.59 Å². The summed E-state index contributed by atoms with van der Waals surface area (Å²) >= 11 is 0. The third-order valence-corrected chi connectivity index (χ3v) is 4.21. The Bertz CT molecular complexity index is 529. The van der Waals surface area contributed by atoms with Crippen molar-refractivity contribution in [2.75, 3.05) is 7.05 Å². The third-order valence-electron chi connectivity index (χ3n) is 4.21. The first-order chi connectivity index (χ1) is 11.3. The fourth-order valence-electron chi connectivity index (χ4n) is 2.90. The quantitative estimate of drug-likeness (QED) is 0.676. The molecule has 1 unspecified atom stereocenters. The van der Waals surface area contributed by atoms with E-state index in [4.69, 9.17) is 10.5 Å². The highest BCUT2D eigenvalue weighted by atomic mass is 16.5. The molecule has 1 aromatic rings. The molecule has 5 nitrogen and oxygen atoms in total. The van der Waals surface area contributed by atoms with E-state index in [0.29, 0.717) is 0 Å². The molecule has 0 aromatic heterocycles. The number of ether oxygens (including phenoxy) is 1. The maximum Gasteiger partial charge on any atom is 0.324 e. The van der Waals surface area contributed by atoms with Crippen LogP contribution in [0.25, 0.3) is 0 Å². The van der Waals surface area contributed by atoms with E-state index in [-0.39, 0.29) is 30.3 Å². The minimum atomic E-state index is -0.962. The van der Waals surface area contributed by atoms with Crippen molar-refractivity contribution in [1.82, 2.24) is 5.32 Å². The zero-order valence-electron chi connectivity index (χ0n) is 15.3. The van der Waals surface area contributed by atoms with Crippen LogP contribution >= 0.6 is 0 Å². The average Bonchev–Trinajstić information content (AvgIpc) is 2.53. The molecule has 0 aliphatic carbocycles. The van der Waals surface area contributed by atoms with Crippen molar-refractivity contribution in [2.24, 2.45) is 23.5 Å². The number of nitrogens with two attached hydrogens (primary N) is 1. The number of carbonyl (C=O) groups is 2. The van der Waals surface area contributed by atoms with Gasteiger partial charge in [-0.05, 0) is 24.4 Å². The number of ketones is 1. The molecule has 0 aliphatic rings. The molecule has 0 fully saturated rings. The van der Waals surface area contributed by atoms with Gasteiger partial charge in [0.15, 0.2) is 5.78 Å². The molecule has 24 heavy (non-hydrogen) atoms. The Labute approximate surface area is 145 Å². The molecule has 3 N–H and O–H groups in total. The van der Waals surface area contributed by atoms with Crippen LogP contribution in [0.2, 0.25) is 0 Å². The minimum absolute atomic E-state index is 0.0355. The molecule has 0 spiro atoms. The second kappa shape index (κ2) is 9.55. The molecular formula is C19H30N2O3. The lowest BCUT2D eigenvalue weighted by Gasteiger charge is -2.30. The number of carbonyl (C=O) groups excluding carboxylic acids is 2. The molecule has 5 heteroatoms. The smallest absolute Gasteiger partial charge is 0.324 e. The van der Waals surface area contributed by atoms with Gasteiger partial charge in [-0.1, -0.05) is 58.0 Å². The molecule has 3 atom stereocenters. The van der Waals surface area contributed by atoms with E-state index in [0.717, 1.165) is 5.56 Å². The van der Waals surface area contributed by atoms with Crippen LogP contribution in [0, 0.1) is 17.8 Å². The van der Waals surface area contributed by atoms with Crippen LogP contribution in [-0.4, -0.2) is 30.9 Å². The van der Waals surface area contributed by atoms with E-state index in [1.165, 1.54) is 0 Å². The monoisotopic (exact) mass is 334 g/mol.